The van der Waals surface area contributed by atoms with E-state index in [2.05, 4.69) is 5.10 Å². The van der Waals surface area contributed by atoms with Gasteiger partial charge in [0.05, 0.1) is 30.3 Å². The molecular weight excluding hydrogens is 326 g/mol. The van der Waals surface area contributed by atoms with E-state index in [-0.39, 0.29) is 11.4 Å². The van der Waals surface area contributed by atoms with E-state index in [0.29, 0.717) is 18.0 Å². The number of hydrogen-bond acceptors (Lipinski definition) is 4. The fraction of sp³-hybridized carbons (Fsp3) is 0.118. The van der Waals surface area contributed by atoms with Crippen molar-refractivity contribution in [3.05, 3.63) is 67.0 Å². The van der Waals surface area contributed by atoms with E-state index in [4.69, 9.17) is 4.74 Å². The Kier molecular flexibility index (Phi) is 3.50. The van der Waals surface area contributed by atoms with Crippen molar-refractivity contribution in [2.24, 2.45) is 0 Å². The van der Waals surface area contributed by atoms with Gasteiger partial charge in [-0.3, -0.25) is 4.31 Å². The molecule has 6 nitrogen and oxygen atoms in total. The van der Waals surface area contributed by atoms with Crippen molar-refractivity contribution in [3.63, 3.8) is 0 Å². The second-order valence-electron chi connectivity index (χ2n) is 5.35. The highest BCUT2D eigenvalue weighted by atomic mass is 32.2. The average Bonchev–Trinajstić information content (AvgIpc) is 3.13. The van der Waals surface area contributed by atoms with Gasteiger partial charge in [-0.2, -0.15) is 5.10 Å². The third kappa shape index (κ3) is 2.43. The molecule has 1 aromatic heterocycles. The zero-order valence-electron chi connectivity index (χ0n) is 12.7. The lowest BCUT2D eigenvalue weighted by Gasteiger charge is -2.29. The van der Waals surface area contributed by atoms with Crippen LogP contribution in [0.15, 0.2) is 71.9 Å². The van der Waals surface area contributed by atoms with Gasteiger partial charge < -0.3 is 4.74 Å². The molecule has 0 saturated heterocycles. The van der Waals surface area contributed by atoms with Gasteiger partial charge in [-0.1, -0.05) is 30.3 Å². The Balaban J connectivity index is 1.73. The summed E-state index contributed by atoms with van der Waals surface area (Å²) in [5, 5.41) is 4.18. The van der Waals surface area contributed by atoms with E-state index in [1.807, 2.05) is 36.4 Å². The first-order valence-electron chi connectivity index (χ1n) is 7.51. The van der Waals surface area contributed by atoms with Crippen LogP contribution < -0.4 is 9.04 Å². The van der Waals surface area contributed by atoms with Crippen LogP contribution in [-0.4, -0.2) is 31.3 Å². The van der Waals surface area contributed by atoms with Crippen LogP contribution in [0.3, 0.4) is 0 Å². The molecule has 24 heavy (non-hydrogen) atoms. The number of rotatable bonds is 3. The molecule has 122 valence electrons. The molecule has 1 aliphatic heterocycles. The minimum Gasteiger partial charge on any atom is -0.489 e. The van der Waals surface area contributed by atoms with Gasteiger partial charge in [-0.25, -0.2) is 13.1 Å². The van der Waals surface area contributed by atoms with E-state index >= 15 is 0 Å². The Morgan fingerprint density at radius 3 is 2.58 bits per heavy atom. The number of benzene rings is 2. The Hall–Kier alpha value is -2.80. The second kappa shape index (κ2) is 5.68. The van der Waals surface area contributed by atoms with Crippen LogP contribution in [0.25, 0.3) is 5.69 Å². The normalized spacial score (nSPS) is 14.1. The largest absolute Gasteiger partial charge is 0.489 e. The fourth-order valence-electron chi connectivity index (χ4n) is 2.68. The van der Waals surface area contributed by atoms with Crippen LogP contribution in [0.5, 0.6) is 5.75 Å². The summed E-state index contributed by atoms with van der Waals surface area (Å²) in [4.78, 5) is 0.156. The molecule has 0 saturated carbocycles. The van der Waals surface area contributed by atoms with E-state index in [1.165, 1.54) is 16.7 Å². The fourth-order valence-corrected chi connectivity index (χ4v) is 4.08. The smallest absolute Gasteiger partial charge is 0.267 e. The van der Waals surface area contributed by atoms with Crippen LogP contribution in [0.1, 0.15) is 0 Å². The number of ether oxygens (including phenoxy) is 1. The lowest BCUT2D eigenvalue weighted by molar-refractivity contribution is 0.316. The Morgan fingerprint density at radius 1 is 1.00 bits per heavy atom. The van der Waals surface area contributed by atoms with Crippen molar-refractivity contribution in [1.29, 1.82) is 0 Å². The third-order valence-electron chi connectivity index (χ3n) is 3.85. The minimum atomic E-state index is -3.69. The number of anilines is 1. The molecule has 3 aromatic rings. The molecule has 0 radical (unpaired) electrons. The van der Waals surface area contributed by atoms with Crippen molar-refractivity contribution >= 4 is 15.7 Å². The topological polar surface area (TPSA) is 64.4 Å². The molecule has 0 spiro atoms. The first-order valence-corrected chi connectivity index (χ1v) is 8.95. The molecule has 2 aromatic carbocycles. The monoisotopic (exact) mass is 341 g/mol. The number of aromatic nitrogens is 2. The van der Waals surface area contributed by atoms with Crippen LogP contribution >= 0.6 is 0 Å². The van der Waals surface area contributed by atoms with Gasteiger partial charge in [0.25, 0.3) is 10.0 Å². The molecule has 0 fully saturated rings. The lowest BCUT2D eigenvalue weighted by atomic mass is 10.2. The standard InChI is InChI=1S/C17H15N3O3S/c21-24(22,20-10-11-23-17-9-5-4-8-16(17)20)15-12-18-19(13-15)14-6-2-1-3-7-14/h1-9,12-13H,10-11H2. The number of fused-ring (bicyclic) bond motifs is 1. The van der Waals surface area contributed by atoms with Gasteiger partial charge in [-0.15, -0.1) is 0 Å². The van der Waals surface area contributed by atoms with Gasteiger partial charge >= 0.3 is 0 Å². The zero-order valence-corrected chi connectivity index (χ0v) is 13.6. The molecule has 2 heterocycles. The van der Waals surface area contributed by atoms with Gasteiger partial charge in [-0.05, 0) is 24.3 Å². The van der Waals surface area contributed by atoms with Crippen LogP contribution in [-0.2, 0) is 10.0 Å². The highest BCUT2D eigenvalue weighted by Gasteiger charge is 2.31. The zero-order chi connectivity index (χ0) is 16.6. The van der Waals surface area contributed by atoms with E-state index < -0.39 is 10.0 Å². The maximum Gasteiger partial charge on any atom is 0.267 e. The molecule has 1 aliphatic rings. The molecule has 0 unspecified atom stereocenters. The molecule has 0 bridgehead atoms. The predicted molar refractivity (Wildman–Crippen MR) is 90.0 cm³/mol. The first kappa shape index (κ1) is 14.8. The van der Waals surface area contributed by atoms with Crippen molar-refractivity contribution < 1.29 is 13.2 Å². The molecule has 0 N–H and O–H groups in total. The maximum absolute atomic E-state index is 13.0. The molecular formula is C17H15N3O3S. The van der Waals surface area contributed by atoms with Crippen molar-refractivity contribution in [2.75, 3.05) is 17.5 Å². The van der Waals surface area contributed by atoms with Gasteiger partial charge in [0.1, 0.15) is 17.3 Å². The van der Waals surface area contributed by atoms with Gasteiger partial charge in [0, 0.05) is 0 Å². The van der Waals surface area contributed by atoms with E-state index in [1.54, 1.807) is 22.9 Å². The first-order chi connectivity index (χ1) is 11.7. The molecule has 7 heteroatoms. The number of nitrogens with zero attached hydrogens (tertiary/aromatic N) is 3. The highest BCUT2D eigenvalue weighted by molar-refractivity contribution is 7.92. The molecule has 0 aliphatic carbocycles. The maximum atomic E-state index is 13.0. The number of para-hydroxylation sites is 3. The molecule has 4 rings (SSSR count). The summed E-state index contributed by atoms with van der Waals surface area (Å²) in [6, 6.07) is 16.5. The van der Waals surface area contributed by atoms with Gasteiger partial charge in [0.2, 0.25) is 0 Å². The summed E-state index contributed by atoms with van der Waals surface area (Å²) in [5.74, 6) is 0.572. The number of hydrogen-bond donors (Lipinski definition) is 0. The van der Waals surface area contributed by atoms with Crippen LogP contribution in [0.4, 0.5) is 5.69 Å². The van der Waals surface area contributed by atoms with Crippen LogP contribution in [0.2, 0.25) is 0 Å². The SMILES string of the molecule is O=S(=O)(c1cnn(-c2ccccc2)c1)N1CCOc2ccccc21. The highest BCUT2D eigenvalue weighted by Crippen LogP contribution is 2.34. The predicted octanol–water partition coefficient (Wildman–Crippen LogP) is 2.46. The van der Waals surface area contributed by atoms with Crippen LogP contribution in [0, 0.1) is 0 Å². The summed E-state index contributed by atoms with van der Waals surface area (Å²) in [7, 11) is -3.69. The summed E-state index contributed by atoms with van der Waals surface area (Å²) in [6.07, 6.45) is 2.91. The van der Waals surface area contributed by atoms with Crippen molar-refractivity contribution in [1.82, 2.24) is 9.78 Å². The minimum absolute atomic E-state index is 0.156. The second-order valence-corrected chi connectivity index (χ2v) is 7.21. The Bertz CT molecular complexity index is 968. The number of sulfonamides is 1. The van der Waals surface area contributed by atoms with E-state index in [9.17, 15) is 8.42 Å². The van der Waals surface area contributed by atoms with Gasteiger partial charge in [0.15, 0.2) is 0 Å². The third-order valence-corrected chi connectivity index (χ3v) is 5.62. The summed E-state index contributed by atoms with van der Waals surface area (Å²) >= 11 is 0. The van der Waals surface area contributed by atoms with Crippen molar-refractivity contribution in [2.45, 2.75) is 4.90 Å². The average molecular weight is 341 g/mol. The molecule has 0 atom stereocenters. The summed E-state index contributed by atoms with van der Waals surface area (Å²) in [5.41, 5.74) is 1.36. The quantitative estimate of drug-likeness (QED) is 0.734. The van der Waals surface area contributed by atoms with Crippen molar-refractivity contribution in [3.8, 4) is 11.4 Å². The summed E-state index contributed by atoms with van der Waals surface area (Å²) < 4.78 is 34.5. The summed E-state index contributed by atoms with van der Waals surface area (Å²) in [6.45, 7) is 0.596. The molecule has 0 amide bonds. The lowest BCUT2D eigenvalue weighted by Crippen LogP contribution is -2.37. The Morgan fingerprint density at radius 2 is 1.75 bits per heavy atom. The van der Waals surface area contributed by atoms with E-state index in [0.717, 1.165) is 5.69 Å². The Labute approximate surface area is 140 Å².